The molecule has 3 unspecified atom stereocenters. The molecule has 0 spiro atoms. The van der Waals surface area contributed by atoms with Crippen molar-refractivity contribution < 1.29 is 182 Å². The van der Waals surface area contributed by atoms with Gasteiger partial charge < -0.3 is 179 Å². The Bertz CT molecular complexity index is 3680. The molecule has 4 saturated carbocycles. The zero-order valence-electron chi connectivity index (χ0n) is 67.5. The molecule has 12 aliphatic rings. The lowest BCUT2D eigenvalue weighted by Crippen LogP contribution is -2.70. The molecule has 0 bridgehead atoms. The Kier molecular flexibility index (Phi) is 27.2. The van der Waals surface area contributed by atoms with Crippen molar-refractivity contribution >= 4 is 23.5 Å². The van der Waals surface area contributed by atoms with Gasteiger partial charge in [-0.2, -0.15) is 0 Å². The van der Waals surface area contributed by atoms with Gasteiger partial charge in [-0.1, -0.05) is 72.2 Å². The number of aliphatic hydroxyl groups is 19. The Hall–Kier alpha value is -4.11. The van der Waals surface area contributed by atoms with Gasteiger partial charge >= 0.3 is 11.9 Å². The number of para-hydroxylation sites is 1. The normalized spacial score (nSPS) is 50.7. The van der Waals surface area contributed by atoms with Crippen LogP contribution in [-0.2, 0) is 80.6 Å². The van der Waals surface area contributed by atoms with E-state index in [4.69, 9.17) is 76.8 Å². The summed E-state index contributed by atoms with van der Waals surface area (Å²) in [6.45, 7) is 15.3. The number of hydrogen-bond donors (Lipinski definition) is 21. The number of nitrogens with two attached hydrogens (primary N) is 1. The van der Waals surface area contributed by atoms with Crippen molar-refractivity contribution in [3.8, 4) is 0 Å². The summed E-state index contributed by atoms with van der Waals surface area (Å²) in [5.41, 5.74) is 1.27. The van der Waals surface area contributed by atoms with Crippen molar-refractivity contribution in [3.05, 3.63) is 41.5 Å². The zero-order chi connectivity index (χ0) is 86.0. The lowest BCUT2D eigenvalue weighted by Gasteiger charge is -2.72. The second kappa shape index (κ2) is 35.0. The van der Waals surface area contributed by atoms with Crippen LogP contribution < -0.4 is 11.1 Å². The van der Waals surface area contributed by atoms with E-state index in [2.05, 4.69) is 46.0 Å². The number of fused-ring (bicyclic) bond motifs is 7. The molecule has 118 heavy (non-hydrogen) atoms. The summed E-state index contributed by atoms with van der Waals surface area (Å²) in [4.78, 5) is 44.1. The van der Waals surface area contributed by atoms with Crippen LogP contribution in [0.2, 0.25) is 0 Å². The van der Waals surface area contributed by atoms with Gasteiger partial charge in [0.15, 0.2) is 43.8 Å². The van der Waals surface area contributed by atoms with Crippen LogP contribution in [0.25, 0.3) is 0 Å². The van der Waals surface area contributed by atoms with E-state index < -0.39 is 317 Å². The maximum absolute atomic E-state index is 16.6. The Balaban J connectivity index is 0.790. The number of rotatable bonds is 20. The second-order valence-corrected chi connectivity index (χ2v) is 36.7. The Morgan fingerprint density at radius 1 is 0.508 bits per heavy atom. The molecule has 670 valence electrons. The van der Waals surface area contributed by atoms with Crippen molar-refractivity contribution in [2.24, 2.45) is 50.2 Å². The molecule has 11 fully saturated rings. The number of esters is 2. The van der Waals surface area contributed by atoms with Gasteiger partial charge in [0.05, 0.1) is 63.0 Å². The standard InChI is InChI=1S/C79H122N2O37/c1-29-47(87)55(95)63(116-69-59(99)49(89)37(85)26-105-69)71(108-29)107-28-39-51(91)53(93)46(81-31(3)83)66(111-39)114-44-18-19-76(8)41(75(44,6)7)17-20-77(9)42(76)16-15-33-34-21-74(4,5)45(113-65(102)32-13-11-12-14-35(32)80)23-79(34,43(86)22-78(33,77)10)73(103)118-72-64(56(96)52(92)40(112-72)27-106-67-60(100)54(94)50(90)38(24-82)110-67)117-70-61(101)57(97)62(30(2)109-70)115-68-58(98)48(88)36(84)25-104-68/h11-15,29-30,34,36-64,66-72,82,84-101H,16-28,80H2,1-10H3,(H,81,83)/t29-,30+,34?,36-,37-,38-,39-,40-,41?,42?,43-,44+,45+,46-,47+,48+,49+,50-,51-,52-,53-,54+,55+,56+,57+,58-,59-,60-,61-,62+,63-,64-,66+,67-,68+,69+,70+,71-,72+,76+,77-,78-,79-/m1/s1. The van der Waals surface area contributed by atoms with Crippen LogP contribution in [0, 0.1) is 50.2 Å². The summed E-state index contributed by atoms with van der Waals surface area (Å²) in [6, 6.07) is 4.87. The van der Waals surface area contributed by atoms with Gasteiger partial charge in [0.25, 0.3) is 0 Å². The van der Waals surface area contributed by atoms with Crippen molar-refractivity contribution in [3.63, 3.8) is 0 Å². The average molecular weight is 1690 g/mol. The van der Waals surface area contributed by atoms with Crippen LogP contribution >= 0.6 is 0 Å². The van der Waals surface area contributed by atoms with Crippen molar-refractivity contribution in [1.82, 2.24) is 5.32 Å². The maximum atomic E-state index is 16.6. The van der Waals surface area contributed by atoms with Crippen molar-refractivity contribution in [2.75, 3.05) is 38.8 Å². The number of nitrogen functional groups attached to an aromatic ring is 1. The predicted molar refractivity (Wildman–Crippen MR) is 394 cm³/mol. The highest BCUT2D eigenvalue weighted by molar-refractivity contribution is 5.95. The second-order valence-electron chi connectivity index (χ2n) is 36.7. The number of carbonyl (C=O) groups excluding carboxylic acids is 3. The monoisotopic (exact) mass is 1690 g/mol. The molecular weight excluding hydrogens is 1570 g/mol. The third-order valence-electron chi connectivity index (χ3n) is 28.9. The summed E-state index contributed by atoms with van der Waals surface area (Å²) < 4.78 is 91.2. The maximum Gasteiger partial charge on any atom is 0.340 e. The van der Waals surface area contributed by atoms with Gasteiger partial charge in [0.2, 0.25) is 12.2 Å². The molecule has 7 aliphatic heterocycles. The molecule has 0 radical (unpaired) electrons. The van der Waals surface area contributed by atoms with E-state index in [1.54, 1.807) is 12.1 Å². The topological polar surface area (TPSA) is 612 Å². The summed E-state index contributed by atoms with van der Waals surface area (Å²) in [5, 5.41) is 215. The first-order valence-corrected chi connectivity index (χ1v) is 40.8. The Morgan fingerprint density at radius 3 is 1.67 bits per heavy atom. The fraction of sp³-hybridized carbons (Fsp3) is 0.861. The molecule has 1 aromatic rings. The van der Waals surface area contributed by atoms with E-state index in [-0.39, 0.29) is 35.9 Å². The molecule has 5 aliphatic carbocycles. The average Bonchev–Trinajstić information content (AvgIpc) is 0.667. The number of allylic oxidation sites excluding steroid dienone is 2. The SMILES string of the molecule is CC(=O)N[C@H]1[C@H](O[C@H]2CC[C@@]3(C)C(CC[C@]4(C)C3CC=C3C5CC(C)(C)[C@@H](OC(=O)c6ccccc6N)C[C@]5(C(=O)O[C@@H]5O[C@H](CO[C@@H]6O[C@H](CO)[C@@H](O)[C@H](O)[C@H]6O)[C@@H](O)[C@H](O)[C@H]5O[C@@H]5O[C@@H](C)[C@H](O[C@@H]6OC[C@@H](O)[C@H](O)[C@H]6O)[C@@H](O)[C@H]5O)[C@H](O)C[C@]34C)C2(C)C)O[C@H](CO[C@@H]2O[C@H](C)[C@H](O)[C@H](O)[C@H]2O[C@@H]2OC[C@@H](O)[C@H](O)[C@H]2O)[C@@H](O)[C@@H]1O. The fourth-order valence-electron chi connectivity index (χ4n) is 21.6. The van der Waals surface area contributed by atoms with E-state index in [0.717, 1.165) is 5.57 Å². The first kappa shape index (κ1) is 91.6. The molecule has 39 heteroatoms. The first-order valence-electron chi connectivity index (χ1n) is 40.8. The summed E-state index contributed by atoms with van der Waals surface area (Å²) in [7, 11) is 0. The lowest BCUT2D eigenvalue weighted by atomic mass is 9.33. The van der Waals surface area contributed by atoms with E-state index in [1.165, 1.54) is 32.9 Å². The highest BCUT2D eigenvalue weighted by Crippen LogP contribution is 2.76. The van der Waals surface area contributed by atoms with Crippen molar-refractivity contribution in [2.45, 2.75) is 342 Å². The smallest absolute Gasteiger partial charge is 0.340 e. The number of carbonyl (C=O) groups is 3. The van der Waals surface area contributed by atoms with E-state index in [1.807, 2.05) is 13.8 Å². The summed E-state index contributed by atoms with van der Waals surface area (Å²) in [5.74, 6) is -3.83. The van der Waals surface area contributed by atoms with E-state index >= 15 is 4.79 Å². The highest BCUT2D eigenvalue weighted by Gasteiger charge is 2.74. The van der Waals surface area contributed by atoms with Gasteiger partial charge in [0, 0.05) is 24.4 Å². The Labute approximate surface area is 680 Å². The van der Waals surface area contributed by atoms with Crippen LogP contribution in [0.5, 0.6) is 0 Å². The molecule has 0 aromatic heterocycles. The van der Waals surface area contributed by atoms with Crippen LogP contribution in [0.4, 0.5) is 5.69 Å². The molecule has 7 saturated heterocycles. The Morgan fingerprint density at radius 2 is 1.04 bits per heavy atom. The van der Waals surface area contributed by atoms with Gasteiger partial charge in [0.1, 0.15) is 152 Å². The first-order chi connectivity index (χ1) is 55.4. The van der Waals surface area contributed by atoms with Gasteiger partial charge in [-0.25, -0.2) is 4.79 Å². The minimum Gasteiger partial charge on any atom is -0.458 e. The minimum absolute atomic E-state index is 0.0119. The number of benzene rings is 1. The molecule has 22 N–H and O–H groups in total. The molecule has 1 amide bonds. The quantitative estimate of drug-likeness (QED) is 0.0250. The number of hydrogen-bond acceptors (Lipinski definition) is 38. The molecule has 1 aromatic carbocycles. The molecule has 39 nitrogen and oxygen atoms in total. The number of amides is 1. The van der Waals surface area contributed by atoms with Crippen molar-refractivity contribution in [1.29, 1.82) is 0 Å². The third kappa shape index (κ3) is 16.4. The minimum atomic E-state index is -2.23. The number of anilines is 1. The van der Waals surface area contributed by atoms with Crippen LogP contribution in [0.3, 0.4) is 0 Å². The van der Waals surface area contributed by atoms with Gasteiger partial charge in [-0.3, -0.25) is 9.59 Å². The van der Waals surface area contributed by atoms with Crippen LogP contribution in [0.15, 0.2) is 35.9 Å². The summed E-state index contributed by atoms with van der Waals surface area (Å²) in [6.07, 6.45) is -54.9. The molecule has 43 atom stereocenters. The molecular formula is C79H122N2O37. The fourth-order valence-corrected chi connectivity index (χ4v) is 21.6. The van der Waals surface area contributed by atoms with E-state index in [0.29, 0.717) is 32.1 Å². The predicted octanol–water partition coefficient (Wildman–Crippen LogP) is -5.70. The highest BCUT2D eigenvalue weighted by atomic mass is 16.8. The number of ether oxygens (including phenoxy) is 15. The molecule has 7 heterocycles. The zero-order valence-corrected chi connectivity index (χ0v) is 67.5. The number of nitrogens with one attached hydrogen (secondary N) is 1. The van der Waals surface area contributed by atoms with Crippen LogP contribution in [-0.4, -0.2) is 369 Å². The van der Waals surface area contributed by atoms with Gasteiger partial charge in [-0.05, 0) is 110 Å². The third-order valence-corrected chi connectivity index (χ3v) is 28.9. The summed E-state index contributed by atoms with van der Waals surface area (Å²) >= 11 is 0. The lowest BCUT2D eigenvalue weighted by molar-refractivity contribution is -0.378. The van der Waals surface area contributed by atoms with Crippen LogP contribution in [0.1, 0.15) is 131 Å². The van der Waals surface area contributed by atoms with Gasteiger partial charge in [-0.15, -0.1) is 0 Å². The number of aliphatic hydroxyl groups excluding tert-OH is 19. The van der Waals surface area contributed by atoms with E-state index in [9.17, 15) is 107 Å². The largest absolute Gasteiger partial charge is 0.458 e. The molecule has 13 rings (SSSR count).